The van der Waals surface area contributed by atoms with Crippen LogP contribution >= 0.6 is 23.2 Å². The molecule has 30 heavy (non-hydrogen) atoms. The van der Waals surface area contributed by atoms with Gasteiger partial charge in [0.2, 0.25) is 0 Å². The van der Waals surface area contributed by atoms with E-state index in [1.54, 1.807) is 18.2 Å². The Hall–Kier alpha value is -2.69. The predicted molar refractivity (Wildman–Crippen MR) is 122 cm³/mol. The van der Waals surface area contributed by atoms with Gasteiger partial charge in [-0.05, 0) is 61.4 Å². The molecule has 4 nitrogen and oxygen atoms in total. The molecule has 0 radical (unpaired) electrons. The zero-order valence-corrected chi connectivity index (χ0v) is 18.4. The van der Waals surface area contributed by atoms with E-state index in [0.717, 1.165) is 28.2 Å². The van der Waals surface area contributed by atoms with Crippen molar-refractivity contribution in [3.05, 3.63) is 87.7 Å². The Balaban J connectivity index is 1.53. The summed E-state index contributed by atoms with van der Waals surface area (Å²) in [6, 6.07) is 19.4. The Kier molecular flexibility index (Phi) is 6.16. The molecule has 0 N–H and O–H groups in total. The molecule has 3 aromatic carbocycles. The Bertz CT molecular complexity index is 1190. The van der Waals surface area contributed by atoms with Crippen molar-refractivity contribution >= 4 is 34.2 Å². The summed E-state index contributed by atoms with van der Waals surface area (Å²) in [5, 5.41) is 1.05. The van der Waals surface area contributed by atoms with E-state index in [1.165, 1.54) is 5.56 Å². The maximum absolute atomic E-state index is 6.24. The van der Waals surface area contributed by atoms with Crippen molar-refractivity contribution in [2.24, 2.45) is 0 Å². The zero-order valence-electron chi connectivity index (χ0n) is 16.9. The van der Waals surface area contributed by atoms with Crippen molar-refractivity contribution in [1.82, 2.24) is 9.55 Å². The average Bonchev–Trinajstić information content (AvgIpc) is 3.07. The minimum atomic E-state index is 0.291. The van der Waals surface area contributed by atoms with Crippen molar-refractivity contribution in [3.63, 3.8) is 0 Å². The van der Waals surface area contributed by atoms with Crippen LogP contribution in [0.25, 0.3) is 11.0 Å². The summed E-state index contributed by atoms with van der Waals surface area (Å²) in [5.41, 5.74) is 4.27. The van der Waals surface area contributed by atoms with Crippen LogP contribution in [-0.2, 0) is 13.2 Å². The van der Waals surface area contributed by atoms with Gasteiger partial charge in [0.1, 0.15) is 30.5 Å². The van der Waals surface area contributed by atoms with Gasteiger partial charge in [-0.1, -0.05) is 47.5 Å². The van der Waals surface area contributed by atoms with Gasteiger partial charge in [0.25, 0.3) is 0 Å². The molecule has 0 saturated carbocycles. The molecule has 154 valence electrons. The molecule has 0 spiro atoms. The lowest BCUT2D eigenvalue weighted by Gasteiger charge is -2.13. The van der Waals surface area contributed by atoms with Gasteiger partial charge in [-0.3, -0.25) is 0 Å². The molecular weight excluding hydrogens is 419 g/mol. The highest BCUT2D eigenvalue weighted by Crippen LogP contribution is 2.28. The number of hydrogen-bond donors (Lipinski definition) is 0. The number of aryl methyl sites for hydroxylation is 2. The van der Waals surface area contributed by atoms with E-state index < -0.39 is 0 Å². The van der Waals surface area contributed by atoms with Crippen LogP contribution in [0.3, 0.4) is 0 Å². The number of hydrogen-bond acceptors (Lipinski definition) is 3. The second-order valence-electron chi connectivity index (χ2n) is 7.15. The van der Waals surface area contributed by atoms with Crippen molar-refractivity contribution in [2.75, 3.05) is 6.61 Å². The van der Waals surface area contributed by atoms with Gasteiger partial charge in [0, 0.05) is 5.02 Å². The molecule has 0 saturated heterocycles. The second-order valence-corrected chi connectivity index (χ2v) is 7.99. The summed E-state index contributed by atoms with van der Waals surface area (Å²) in [4.78, 5) is 4.75. The molecule has 0 unspecified atom stereocenters. The van der Waals surface area contributed by atoms with Crippen molar-refractivity contribution < 1.29 is 9.47 Å². The van der Waals surface area contributed by atoms with E-state index in [0.29, 0.717) is 35.6 Å². The summed E-state index contributed by atoms with van der Waals surface area (Å²) >= 11 is 12.2. The molecule has 0 fully saturated rings. The number of fused-ring (bicyclic) bond motifs is 1. The summed E-state index contributed by atoms with van der Waals surface area (Å²) in [7, 11) is 0. The molecule has 0 atom stereocenters. The van der Waals surface area contributed by atoms with Crippen LogP contribution in [0.5, 0.6) is 11.5 Å². The number of nitrogens with zero attached hydrogens (tertiary/aromatic N) is 2. The minimum Gasteiger partial charge on any atom is -0.491 e. The van der Waals surface area contributed by atoms with Crippen LogP contribution in [0.1, 0.15) is 17.0 Å². The van der Waals surface area contributed by atoms with Crippen LogP contribution in [0.2, 0.25) is 10.0 Å². The molecule has 0 aliphatic rings. The highest BCUT2D eigenvalue weighted by Gasteiger charge is 2.13. The van der Waals surface area contributed by atoms with Gasteiger partial charge >= 0.3 is 0 Å². The minimum absolute atomic E-state index is 0.291. The first-order valence-corrected chi connectivity index (χ1v) is 10.5. The van der Waals surface area contributed by atoms with Crippen molar-refractivity contribution in [1.29, 1.82) is 0 Å². The molecule has 0 aliphatic heterocycles. The van der Waals surface area contributed by atoms with E-state index in [-0.39, 0.29) is 0 Å². The molecule has 1 aromatic heterocycles. The standard InChI is InChI=1S/C24H22Cl2N2O2/c1-16-7-8-17(2)23(13-16)29-12-11-28-21-6-4-3-5-20(21)27-24(28)15-30-22-10-9-18(25)14-19(22)26/h3-10,13-14H,11-12,15H2,1-2H3. The topological polar surface area (TPSA) is 36.3 Å². The van der Waals surface area contributed by atoms with E-state index >= 15 is 0 Å². The third kappa shape index (κ3) is 4.55. The van der Waals surface area contributed by atoms with Crippen LogP contribution < -0.4 is 9.47 Å². The van der Waals surface area contributed by atoms with Gasteiger partial charge in [0.05, 0.1) is 22.6 Å². The Morgan fingerprint density at radius 1 is 0.900 bits per heavy atom. The first kappa shape index (κ1) is 20.6. The second kappa shape index (κ2) is 8.99. The van der Waals surface area contributed by atoms with Crippen molar-refractivity contribution in [3.8, 4) is 11.5 Å². The third-order valence-corrected chi connectivity index (χ3v) is 5.43. The highest BCUT2D eigenvalue weighted by atomic mass is 35.5. The van der Waals surface area contributed by atoms with Gasteiger partial charge in [-0.15, -0.1) is 0 Å². The normalized spacial score (nSPS) is 11.1. The van der Waals surface area contributed by atoms with Gasteiger partial charge < -0.3 is 14.0 Å². The Morgan fingerprint density at radius 3 is 2.57 bits per heavy atom. The number of para-hydroxylation sites is 2. The molecular formula is C24H22Cl2N2O2. The van der Waals surface area contributed by atoms with E-state index in [9.17, 15) is 0 Å². The average molecular weight is 441 g/mol. The van der Waals surface area contributed by atoms with Crippen LogP contribution in [0.15, 0.2) is 60.7 Å². The molecule has 0 aliphatic carbocycles. The predicted octanol–water partition coefficient (Wildman–Crippen LogP) is 6.62. The summed E-state index contributed by atoms with van der Waals surface area (Å²) in [6.07, 6.45) is 0. The van der Waals surface area contributed by atoms with Gasteiger partial charge in [0.15, 0.2) is 0 Å². The first-order chi connectivity index (χ1) is 14.5. The Labute approximate surface area is 186 Å². The number of imidazole rings is 1. The summed E-state index contributed by atoms with van der Waals surface area (Å²) < 4.78 is 14.1. The lowest BCUT2D eigenvalue weighted by Crippen LogP contribution is -2.13. The third-order valence-electron chi connectivity index (χ3n) is 4.90. The molecule has 6 heteroatoms. The van der Waals surface area contributed by atoms with Gasteiger partial charge in [-0.2, -0.15) is 0 Å². The fourth-order valence-electron chi connectivity index (χ4n) is 3.33. The fraction of sp³-hybridized carbons (Fsp3) is 0.208. The van der Waals surface area contributed by atoms with Crippen LogP contribution in [0, 0.1) is 13.8 Å². The molecule has 0 amide bonds. The molecule has 4 rings (SSSR count). The number of benzene rings is 3. The van der Waals surface area contributed by atoms with E-state index in [1.807, 2.05) is 18.2 Å². The molecule has 1 heterocycles. The van der Waals surface area contributed by atoms with Crippen LogP contribution in [-0.4, -0.2) is 16.2 Å². The van der Waals surface area contributed by atoms with Crippen molar-refractivity contribution in [2.45, 2.75) is 27.0 Å². The summed E-state index contributed by atoms with van der Waals surface area (Å²) in [5.74, 6) is 2.29. The van der Waals surface area contributed by atoms with E-state index in [4.69, 9.17) is 37.7 Å². The lowest BCUT2D eigenvalue weighted by atomic mass is 10.1. The maximum atomic E-state index is 6.24. The quantitative estimate of drug-likeness (QED) is 0.324. The summed E-state index contributed by atoms with van der Waals surface area (Å²) in [6.45, 7) is 5.59. The molecule has 0 bridgehead atoms. The Morgan fingerprint density at radius 2 is 1.73 bits per heavy atom. The number of rotatable bonds is 7. The largest absolute Gasteiger partial charge is 0.491 e. The molecule has 4 aromatic rings. The SMILES string of the molecule is Cc1ccc(C)c(OCCn2c(COc3ccc(Cl)cc3Cl)nc3ccccc32)c1. The first-order valence-electron chi connectivity index (χ1n) is 9.73. The van der Waals surface area contributed by atoms with Crippen LogP contribution in [0.4, 0.5) is 0 Å². The monoisotopic (exact) mass is 440 g/mol. The van der Waals surface area contributed by atoms with Gasteiger partial charge in [-0.25, -0.2) is 4.98 Å². The smallest absolute Gasteiger partial charge is 0.148 e. The zero-order chi connectivity index (χ0) is 21.1. The lowest BCUT2D eigenvalue weighted by molar-refractivity contribution is 0.271. The highest BCUT2D eigenvalue weighted by molar-refractivity contribution is 6.35. The number of halogens is 2. The van der Waals surface area contributed by atoms with E-state index in [2.05, 4.69) is 42.7 Å². The number of ether oxygens (including phenoxy) is 2. The fourth-order valence-corrected chi connectivity index (χ4v) is 3.79. The number of aromatic nitrogens is 2. The maximum Gasteiger partial charge on any atom is 0.148 e.